The molecule has 0 aromatic rings. The summed E-state index contributed by atoms with van der Waals surface area (Å²) in [5, 5.41) is 6.37. The molecule has 0 aliphatic carbocycles. The van der Waals surface area contributed by atoms with E-state index in [1.807, 2.05) is 18.7 Å². The molecule has 0 spiro atoms. The number of thioether (sulfide) groups is 1. The van der Waals surface area contributed by atoms with Crippen LogP contribution in [0.4, 0.5) is 0 Å². The van der Waals surface area contributed by atoms with Crippen LogP contribution in [0.3, 0.4) is 0 Å². The van der Waals surface area contributed by atoms with Crippen LogP contribution in [0.5, 0.6) is 0 Å². The molecule has 3 unspecified atom stereocenters. The van der Waals surface area contributed by atoms with Crippen molar-refractivity contribution in [2.45, 2.75) is 65.1 Å². The number of hydrogen-bond donors (Lipinski definition) is 2. The van der Waals surface area contributed by atoms with Crippen LogP contribution in [0.1, 0.15) is 47.0 Å². The molecule has 4 heteroatoms. The smallest absolute Gasteiger partial charge is 0.237 e. The van der Waals surface area contributed by atoms with Gasteiger partial charge in [-0.2, -0.15) is 11.8 Å². The quantitative estimate of drug-likeness (QED) is 0.669. The molecule has 3 atom stereocenters. The van der Waals surface area contributed by atoms with Crippen molar-refractivity contribution in [3.63, 3.8) is 0 Å². The molecule has 0 aliphatic heterocycles. The molecule has 0 heterocycles. The number of carbonyl (C=O) groups excluding carboxylic acids is 1. The van der Waals surface area contributed by atoms with E-state index in [4.69, 9.17) is 0 Å². The minimum Gasteiger partial charge on any atom is -0.352 e. The van der Waals surface area contributed by atoms with E-state index in [1.54, 1.807) is 0 Å². The summed E-state index contributed by atoms with van der Waals surface area (Å²) in [6.07, 6.45) is 5.35. The van der Waals surface area contributed by atoms with Crippen LogP contribution in [0.2, 0.25) is 0 Å². The van der Waals surface area contributed by atoms with Gasteiger partial charge in [0.2, 0.25) is 5.91 Å². The lowest BCUT2D eigenvalue weighted by Crippen LogP contribution is -2.48. The molecule has 1 amide bonds. The molecular weight excluding hydrogens is 232 g/mol. The number of nitrogens with one attached hydrogen (secondary N) is 2. The largest absolute Gasteiger partial charge is 0.352 e. The summed E-state index contributed by atoms with van der Waals surface area (Å²) in [7, 11) is 0. The van der Waals surface area contributed by atoms with Crippen molar-refractivity contribution in [1.29, 1.82) is 0 Å². The maximum atomic E-state index is 11.9. The molecule has 0 saturated heterocycles. The highest BCUT2D eigenvalue weighted by atomic mass is 32.2. The molecule has 2 N–H and O–H groups in total. The summed E-state index contributed by atoms with van der Waals surface area (Å²) in [5.74, 6) is 1.25. The summed E-state index contributed by atoms with van der Waals surface area (Å²) in [5.41, 5.74) is 0. The van der Waals surface area contributed by atoms with Gasteiger partial charge in [0, 0.05) is 12.1 Å². The number of carbonyl (C=O) groups is 1. The molecule has 0 bridgehead atoms. The van der Waals surface area contributed by atoms with Crippen LogP contribution in [0.15, 0.2) is 0 Å². The van der Waals surface area contributed by atoms with Gasteiger partial charge in [-0.15, -0.1) is 0 Å². The van der Waals surface area contributed by atoms with Crippen molar-refractivity contribution in [2.24, 2.45) is 0 Å². The molecule has 0 aromatic heterocycles. The van der Waals surface area contributed by atoms with Crippen LogP contribution in [0, 0.1) is 0 Å². The van der Waals surface area contributed by atoms with Gasteiger partial charge in [-0.3, -0.25) is 4.79 Å². The molecule has 17 heavy (non-hydrogen) atoms. The Morgan fingerprint density at radius 3 is 2.35 bits per heavy atom. The van der Waals surface area contributed by atoms with Crippen LogP contribution in [0.25, 0.3) is 0 Å². The fraction of sp³-hybridized carbons (Fsp3) is 0.923. The summed E-state index contributed by atoms with van der Waals surface area (Å²) in [6, 6.07) is 0.564. The van der Waals surface area contributed by atoms with E-state index in [0.717, 1.165) is 25.0 Å². The highest BCUT2D eigenvalue weighted by Crippen LogP contribution is 2.01. The average Bonchev–Trinajstić information content (AvgIpc) is 2.26. The van der Waals surface area contributed by atoms with Crippen molar-refractivity contribution < 1.29 is 4.79 Å². The van der Waals surface area contributed by atoms with E-state index in [1.165, 1.54) is 0 Å². The maximum absolute atomic E-state index is 11.9. The van der Waals surface area contributed by atoms with Gasteiger partial charge in [0.25, 0.3) is 0 Å². The molecule has 3 nitrogen and oxygen atoms in total. The van der Waals surface area contributed by atoms with E-state index in [9.17, 15) is 4.79 Å². The van der Waals surface area contributed by atoms with Gasteiger partial charge in [-0.1, -0.05) is 13.3 Å². The Morgan fingerprint density at radius 1 is 1.18 bits per heavy atom. The zero-order valence-electron chi connectivity index (χ0n) is 11.9. The zero-order valence-corrected chi connectivity index (χ0v) is 12.7. The van der Waals surface area contributed by atoms with Gasteiger partial charge in [0.05, 0.1) is 6.04 Å². The SMILES string of the molecule is CCCC(C)NC(=O)C(C)NC(C)CCSC. The molecule has 0 aromatic carbocycles. The second kappa shape index (κ2) is 9.77. The summed E-state index contributed by atoms with van der Waals surface area (Å²) in [6.45, 7) is 8.26. The Morgan fingerprint density at radius 2 is 1.82 bits per heavy atom. The monoisotopic (exact) mass is 260 g/mol. The minimum atomic E-state index is -0.105. The first-order valence-electron chi connectivity index (χ1n) is 6.56. The molecule has 0 rings (SSSR count). The summed E-state index contributed by atoms with van der Waals surface area (Å²) in [4.78, 5) is 11.9. The van der Waals surface area contributed by atoms with E-state index in [0.29, 0.717) is 6.04 Å². The molecule has 0 aliphatic rings. The van der Waals surface area contributed by atoms with Crippen molar-refractivity contribution in [1.82, 2.24) is 10.6 Å². The standard InChI is InChI=1S/C13H28N2OS/c1-6-7-10(2)15-13(16)12(4)14-11(3)8-9-17-5/h10-12,14H,6-9H2,1-5H3,(H,15,16). The van der Waals surface area contributed by atoms with Crippen LogP contribution in [-0.4, -0.2) is 36.0 Å². The number of hydrogen-bond acceptors (Lipinski definition) is 3. The summed E-state index contributed by atoms with van der Waals surface area (Å²) >= 11 is 1.84. The number of rotatable bonds is 9. The van der Waals surface area contributed by atoms with Gasteiger partial charge in [-0.25, -0.2) is 0 Å². The molecular formula is C13H28N2OS. The fourth-order valence-electron chi connectivity index (χ4n) is 1.75. The Kier molecular flexibility index (Phi) is 9.65. The molecule has 0 fully saturated rings. The topological polar surface area (TPSA) is 41.1 Å². The Labute approximate surface area is 111 Å². The molecule has 0 saturated carbocycles. The third-order valence-electron chi connectivity index (χ3n) is 2.79. The van der Waals surface area contributed by atoms with Crippen LogP contribution in [-0.2, 0) is 4.79 Å². The molecule has 102 valence electrons. The Balaban J connectivity index is 3.87. The van der Waals surface area contributed by atoms with Gasteiger partial charge >= 0.3 is 0 Å². The van der Waals surface area contributed by atoms with Crippen LogP contribution < -0.4 is 10.6 Å². The molecule has 0 radical (unpaired) electrons. The Bertz CT molecular complexity index is 212. The first kappa shape index (κ1) is 16.8. The second-order valence-electron chi connectivity index (χ2n) is 4.77. The van der Waals surface area contributed by atoms with Gasteiger partial charge < -0.3 is 10.6 Å². The van der Waals surface area contributed by atoms with Crippen molar-refractivity contribution in [3.05, 3.63) is 0 Å². The predicted molar refractivity (Wildman–Crippen MR) is 77.6 cm³/mol. The predicted octanol–water partition coefficient (Wildman–Crippen LogP) is 2.41. The highest BCUT2D eigenvalue weighted by Gasteiger charge is 2.16. The highest BCUT2D eigenvalue weighted by molar-refractivity contribution is 7.98. The van der Waals surface area contributed by atoms with Gasteiger partial charge in [0.1, 0.15) is 0 Å². The van der Waals surface area contributed by atoms with Crippen LogP contribution >= 0.6 is 11.8 Å². The van der Waals surface area contributed by atoms with E-state index in [-0.39, 0.29) is 18.0 Å². The third-order valence-corrected chi connectivity index (χ3v) is 3.44. The lowest BCUT2D eigenvalue weighted by Gasteiger charge is -2.21. The van der Waals surface area contributed by atoms with Crippen molar-refractivity contribution >= 4 is 17.7 Å². The van der Waals surface area contributed by atoms with E-state index < -0.39 is 0 Å². The second-order valence-corrected chi connectivity index (χ2v) is 5.75. The number of amides is 1. The zero-order chi connectivity index (χ0) is 13.3. The lowest BCUT2D eigenvalue weighted by molar-refractivity contribution is -0.123. The third kappa shape index (κ3) is 8.50. The van der Waals surface area contributed by atoms with E-state index >= 15 is 0 Å². The Hall–Kier alpha value is -0.220. The minimum absolute atomic E-state index is 0.105. The lowest BCUT2D eigenvalue weighted by atomic mass is 10.1. The van der Waals surface area contributed by atoms with Gasteiger partial charge in [-0.05, 0) is 45.6 Å². The average molecular weight is 260 g/mol. The normalized spacial score (nSPS) is 16.3. The van der Waals surface area contributed by atoms with Crippen molar-refractivity contribution in [2.75, 3.05) is 12.0 Å². The van der Waals surface area contributed by atoms with Crippen molar-refractivity contribution in [3.8, 4) is 0 Å². The van der Waals surface area contributed by atoms with Gasteiger partial charge in [0.15, 0.2) is 0 Å². The van der Waals surface area contributed by atoms with E-state index in [2.05, 4.69) is 37.7 Å². The fourth-order valence-corrected chi connectivity index (χ4v) is 2.34. The summed E-state index contributed by atoms with van der Waals surface area (Å²) < 4.78 is 0. The first-order chi connectivity index (χ1) is 8.01. The first-order valence-corrected chi connectivity index (χ1v) is 7.96. The maximum Gasteiger partial charge on any atom is 0.237 e.